The summed E-state index contributed by atoms with van der Waals surface area (Å²) in [5.41, 5.74) is -2.74. The van der Waals surface area contributed by atoms with Crippen LogP contribution in [0.5, 0.6) is 0 Å². The van der Waals surface area contributed by atoms with E-state index in [1.807, 2.05) is 0 Å². The minimum atomic E-state index is -4.76. The van der Waals surface area contributed by atoms with Gasteiger partial charge in [0.1, 0.15) is 0 Å². The van der Waals surface area contributed by atoms with Gasteiger partial charge < -0.3 is 0 Å². The Morgan fingerprint density at radius 3 is 1.88 bits per heavy atom. The number of hydrogen-bond acceptors (Lipinski definition) is 4. The molecule has 0 saturated carbocycles. The summed E-state index contributed by atoms with van der Waals surface area (Å²) in [5.74, 6) is 0. The van der Waals surface area contributed by atoms with Gasteiger partial charge in [-0.05, 0) is 26.7 Å². The normalized spacial score (nSPS) is 15.2. The Morgan fingerprint density at radius 1 is 0.958 bits per heavy atom. The molecule has 1 unspecified atom stereocenters. The van der Waals surface area contributed by atoms with Crippen LogP contribution < -0.4 is 0 Å². The molecular formula is C16H30F3O4P. The molecule has 1 atom stereocenters. The van der Waals surface area contributed by atoms with Crippen molar-refractivity contribution in [1.29, 1.82) is 0 Å². The van der Waals surface area contributed by atoms with Gasteiger partial charge in [0, 0.05) is 0 Å². The number of unbranched alkanes of at least 4 members (excludes halogenated alkanes) is 5. The van der Waals surface area contributed by atoms with Crippen molar-refractivity contribution in [3.05, 3.63) is 12.7 Å². The molecule has 0 heterocycles. The van der Waals surface area contributed by atoms with E-state index in [0.29, 0.717) is 12.5 Å². The molecule has 0 N–H and O–H groups in total. The third-order valence-corrected chi connectivity index (χ3v) is 5.26. The van der Waals surface area contributed by atoms with Crippen molar-refractivity contribution in [2.45, 2.75) is 77.5 Å². The molecule has 0 aliphatic carbocycles. The summed E-state index contributed by atoms with van der Waals surface area (Å²) >= 11 is 0. The molecule has 0 spiro atoms. The van der Waals surface area contributed by atoms with Crippen molar-refractivity contribution in [2.75, 3.05) is 13.2 Å². The van der Waals surface area contributed by atoms with Gasteiger partial charge in [0.25, 0.3) is 0 Å². The minimum Gasteiger partial charge on any atom is -0.287 e. The summed E-state index contributed by atoms with van der Waals surface area (Å²) in [6.07, 6.45) is 0.423. The SMILES string of the molecule is C=CC(CCCCCCCC)(OP(=O)(OCC)OCC)C(F)(F)F. The zero-order valence-corrected chi connectivity index (χ0v) is 15.8. The van der Waals surface area contributed by atoms with E-state index >= 15 is 0 Å². The Morgan fingerprint density at radius 2 is 1.46 bits per heavy atom. The molecule has 0 amide bonds. The lowest BCUT2D eigenvalue weighted by molar-refractivity contribution is -0.237. The molecular weight excluding hydrogens is 344 g/mol. The Bertz CT molecular complexity index is 391. The number of hydrogen-bond donors (Lipinski definition) is 0. The molecule has 0 aliphatic heterocycles. The number of halogens is 3. The van der Waals surface area contributed by atoms with Gasteiger partial charge in [-0.2, -0.15) is 13.2 Å². The van der Waals surface area contributed by atoms with Crippen molar-refractivity contribution in [1.82, 2.24) is 0 Å². The van der Waals surface area contributed by atoms with E-state index in [1.54, 1.807) is 0 Å². The molecule has 4 nitrogen and oxygen atoms in total. The summed E-state index contributed by atoms with van der Waals surface area (Å²) < 4.78 is 67.8. The van der Waals surface area contributed by atoms with Crippen LogP contribution in [0.4, 0.5) is 13.2 Å². The highest BCUT2D eigenvalue weighted by molar-refractivity contribution is 7.48. The molecule has 0 aliphatic rings. The van der Waals surface area contributed by atoms with Gasteiger partial charge in [0.2, 0.25) is 0 Å². The van der Waals surface area contributed by atoms with Crippen molar-refractivity contribution in [3.63, 3.8) is 0 Å². The minimum absolute atomic E-state index is 0.0840. The molecule has 0 bridgehead atoms. The van der Waals surface area contributed by atoms with Gasteiger partial charge in [-0.15, -0.1) is 0 Å². The van der Waals surface area contributed by atoms with Gasteiger partial charge in [0.05, 0.1) is 13.2 Å². The van der Waals surface area contributed by atoms with E-state index in [0.717, 1.165) is 25.7 Å². The highest BCUT2D eigenvalue weighted by Crippen LogP contribution is 2.57. The average Bonchev–Trinajstić information content (AvgIpc) is 2.48. The Labute approximate surface area is 143 Å². The largest absolute Gasteiger partial charge is 0.475 e. The van der Waals surface area contributed by atoms with E-state index in [-0.39, 0.29) is 26.1 Å². The van der Waals surface area contributed by atoms with Crippen molar-refractivity contribution in [2.24, 2.45) is 0 Å². The summed E-state index contributed by atoms with van der Waals surface area (Å²) in [7, 11) is -4.31. The fourth-order valence-electron chi connectivity index (χ4n) is 2.27. The summed E-state index contributed by atoms with van der Waals surface area (Å²) in [6.45, 7) is 8.17. The van der Waals surface area contributed by atoms with E-state index in [4.69, 9.17) is 13.6 Å². The standard InChI is InChI=1S/C16H30F3O4P/c1-5-9-10-11-12-13-14-15(6-2,16(17,18)19)23-24(20,21-7-3)22-8-4/h6H,2,5,7-14H2,1,3-4H3. The Kier molecular flexibility index (Phi) is 11.1. The average molecular weight is 374 g/mol. The smallest absolute Gasteiger partial charge is 0.287 e. The van der Waals surface area contributed by atoms with E-state index < -0.39 is 19.6 Å². The lowest BCUT2D eigenvalue weighted by atomic mass is 9.95. The van der Waals surface area contributed by atoms with Crippen molar-refractivity contribution in [3.8, 4) is 0 Å². The highest BCUT2D eigenvalue weighted by atomic mass is 31.2. The molecule has 0 radical (unpaired) electrons. The fourth-order valence-corrected chi connectivity index (χ4v) is 3.75. The third kappa shape index (κ3) is 7.68. The molecule has 0 saturated heterocycles. The van der Waals surface area contributed by atoms with Crippen LogP contribution >= 0.6 is 7.82 Å². The second-order valence-corrected chi connectivity index (χ2v) is 7.08. The molecule has 0 aromatic carbocycles. The van der Waals surface area contributed by atoms with E-state index in [1.165, 1.54) is 13.8 Å². The van der Waals surface area contributed by atoms with Crippen LogP contribution in [0.15, 0.2) is 12.7 Å². The zero-order chi connectivity index (χ0) is 18.7. The van der Waals surface area contributed by atoms with Crippen LogP contribution in [0.1, 0.15) is 65.7 Å². The Balaban J connectivity index is 5.07. The quantitative estimate of drug-likeness (QED) is 0.200. The highest BCUT2D eigenvalue weighted by Gasteiger charge is 2.57. The van der Waals surface area contributed by atoms with Gasteiger partial charge in [-0.3, -0.25) is 13.6 Å². The topological polar surface area (TPSA) is 44.8 Å². The maximum absolute atomic E-state index is 13.6. The lowest BCUT2D eigenvalue weighted by Crippen LogP contribution is -2.45. The predicted octanol–water partition coefficient (Wildman–Crippen LogP) is 6.42. The van der Waals surface area contributed by atoms with Gasteiger partial charge >= 0.3 is 14.0 Å². The third-order valence-electron chi connectivity index (χ3n) is 3.56. The van der Waals surface area contributed by atoms with Gasteiger partial charge in [-0.25, -0.2) is 4.57 Å². The Hall–Kier alpha value is -0.360. The zero-order valence-electron chi connectivity index (χ0n) is 14.9. The number of phosphoric ester groups is 1. The van der Waals surface area contributed by atoms with Crippen LogP contribution in [-0.2, 0) is 18.1 Å². The van der Waals surface area contributed by atoms with Crippen LogP contribution in [-0.4, -0.2) is 25.0 Å². The monoisotopic (exact) mass is 374 g/mol. The first-order valence-electron chi connectivity index (χ1n) is 8.50. The first-order valence-corrected chi connectivity index (χ1v) is 9.96. The molecule has 0 aromatic rings. The summed E-state index contributed by atoms with van der Waals surface area (Å²) in [5, 5.41) is 0. The maximum Gasteiger partial charge on any atom is 0.475 e. The van der Waals surface area contributed by atoms with Crippen LogP contribution in [0, 0.1) is 0 Å². The number of rotatable bonds is 14. The van der Waals surface area contributed by atoms with Crippen LogP contribution in [0.2, 0.25) is 0 Å². The molecule has 0 fully saturated rings. The number of phosphoric acid groups is 1. The first-order chi connectivity index (χ1) is 11.2. The van der Waals surface area contributed by atoms with Crippen molar-refractivity contribution >= 4 is 7.82 Å². The molecule has 0 rings (SSSR count). The van der Waals surface area contributed by atoms with Crippen LogP contribution in [0.25, 0.3) is 0 Å². The molecule has 144 valence electrons. The fraction of sp³-hybridized carbons (Fsp3) is 0.875. The second kappa shape index (κ2) is 11.3. The summed E-state index contributed by atoms with van der Waals surface area (Å²) in [6, 6.07) is 0. The van der Waals surface area contributed by atoms with Gasteiger partial charge in [-0.1, -0.05) is 51.7 Å². The summed E-state index contributed by atoms with van der Waals surface area (Å²) in [4.78, 5) is 0. The van der Waals surface area contributed by atoms with Gasteiger partial charge in [0.15, 0.2) is 5.60 Å². The van der Waals surface area contributed by atoms with Crippen molar-refractivity contribution < 1.29 is 31.3 Å². The molecule has 8 heteroatoms. The molecule has 0 aromatic heterocycles. The second-order valence-electron chi connectivity index (χ2n) is 5.48. The predicted molar refractivity (Wildman–Crippen MR) is 88.9 cm³/mol. The maximum atomic E-state index is 13.6. The first kappa shape index (κ1) is 23.6. The van der Waals surface area contributed by atoms with E-state index in [2.05, 4.69) is 13.5 Å². The lowest BCUT2D eigenvalue weighted by Gasteiger charge is -2.34. The van der Waals surface area contributed by atoms with E-state index in [9.17, 15) is 17.7 Å². The van der Waals surface area contributed by atoms with Crippen LogP contribution in [0.3, 0.4) is 0 Å². The number of alkyl halides is 3. The molecule has 24 heavy (non-hydrogen) atoms.